The predicted octanol–water partition coefficient (Wildman–Crippen LogP) is 2.69. The maximum atomic E-state index is 13.0. The van der Waals surface area contributed by atoms with Gasteiger partial charge >= 0.3 is 5.63 Å². The van der Waals surface area contributed by atoms with Crippen LogP contribution >= 0.6 is 0 Å². The highest BCUT2D eigenvalue weighted by Gasteiger charge is 2.22. The molecular formula is C22H23NO6. The Balaban J connectivity index is 2.03. The zero-order valence-electron chi connectivity index (χ0n) is 16.6. The topological polar surface area (TPSA) is 89.2 Å². The summed E-state index contributed by atoms with van der Waals surface area (Å²) in [7, 11) is 2.97. The summed E-state index contributed by atoms with van der Waals surface area (Å²) in [4.78, 5) is 27.1. The van der Waals surface area contributed by atoms with Crippen molar-refractivity contribution < 1.29 is 23.8 Å². The average Bonchev–Trinajstić information content (AvgIpc) is 2.74. The minimum atomic E-state index is -0.605. The van der Waals surface area contributed by atoms with Crippen molar-refractivity contribution in [3.05, 3.63) is 64.0 Å². The number of nitrogens with zero attached hydrogens (tertiary/aromatic N) is 1. The van der Waals surface area contributed by atoms with Crippen LogP contribution in [-0.4, -0.2) is 38.4 Å². The molecule has 0 saturated heterocycles. The third-order valence-corrected chi connectivity index (χ3v) is 4.82. The molecule has 0 unspecified atom stereocenters. The van der Waals surface area contributed by atoms with E-state index in [2.05, 4.69) is 0 Å². The van der Waals surface area contributed by atoms with Gasteiger partial charge in [-0.3, -0.25) is 4.79 Å². The van der Waals surface area contributed by atoms with E-state index in [1.165, 1.54) is 19.1 Å². The number of hydrogen-bond acceptors (Lipinski definition) is 6. The first-order valence-corrected chi connectivity index (χ1v) is 9.15. The molecule has 0 aliphatic heterocycles. The van der Waals surface area contributed by atoms with Gasteiger partial charge in [0.05, 0.1) is 32.8 Å². The standard InChI is InChI=1S/C22H23NO6/c1-14-16-9-10-18(27-2)21(28-3)20(16)29-22(26)17(14)13-19(25)23(11-12-24)15-7-5-4-6-8-15/h4-10,24H,11-13H2,1-3H3. The van der Waals surface area contributed by atoms with Gasteiger partial charge in [0.25, 0.3) is 0 Å². The van der Waals surface area contributed by atoms with E-state index in [9.17, 15) is 14.7 Å². The molecule has 7 nitrogen and oxygen atoms in total. The summed E-state index contributed by atoms with van der Waals surface area (Å²) in [5.41, 5.74) is 1.24. The molecule has 0 aliphatic rings. The molecule has 0 spiro atoms. The zero-order valence-corrected chi connectivity index (χ0v) is 16.6. The Morgan fingerprint density at radius 2 is 1.83 bits per heavy atom. The second kappa shape index (κ2) is 8.79. The van der Waals surface area contributed by atoms with Crippen molar-refractivity contribution in [2.45, 2.75) is 13.3 Å². The number of anilines is 1. The van der Waals surface area contributed by atoms with Crippen LogP contribution in [0.25, 0.3) is 11.0 Å². The fourth-order valence-electron chi connectivity index (χ4n) is 3.32. The van der Waals surface area contributed by atoms with Gasteiger partial charge < -0.3 is 23.9 Å². The van der Waals surface area contributed by atoms with Crippen molar-refractivity contribution in [1.82, 2.24) is 0 Å². The van der Waals surface area contributed by atoms with Crippen LogP contribution in [0.3, 0.4) is 0 Å². The molecule has 0 atom stereocenters. The number of aliphatic hydroxyl groups is 1. The van der Waals surface area contributed by atoms with E-state index >= 15 is 0 Å². The summed E-state index contributed by atoms with van der Waals surface area (Å²) >= 11 is 0. The Morgan fingerprint density at radius 3 is 2.45 bits per heavy atom. The Bertz CT molecular complexity index is 1070. The number of benzene rings is 2. The SMILES string of the molecule is COc1ccc2c(C)c(CC(=O)N(CCO)c3ccccc3)c(=O)oc2c1OC. The first-order chi connectivity index (χ1) is 14.0. The van der Waals surface area contributed by atoms with Gasteiger partial charge in [-0.15, -0.1) is 0 Å². The molecular weight excluding hydrogens is 374 g/mol. The van der Waals surface area contributed by atoms with Gasteiger partial charge in [-0.05, 0) is 36.8 Å². The van der Waals surface area contributed by atoms with Crippen molar-refractivity contribution in [2.75, 3.05) is 32.3 Å². The second-order valence-electron chi connectivity index (χ2n) is 6.45. The highest BCUT2D eigenvalue weighted by atomic mass is 16.5. The lowest BCUT2D eigenvalue weighted by Crippen LogP contribution is -2.36. The molecule has 1 heterocycles. The van der Waals surface area contributed by atoms with Gasteiger partial charge in [-0.2, -0.15) is 0 Å². The van der Waals surface area contributed by atoms with Gasteiger partial charge in [-0.1, -0.05) is 18.2 Å². The van der Waals surface area contributed by atoms with Gasteiger partial charge in [0, 0.05) is 17.6 Å². The van der Waals surface area contributed by atoms with Crippen molar-refractivity contribution in [2.24, 2.45) is 0 Å². The first-order valence-electron chi connectivity index (χ1n) is 9.15. The van der Waals surface area contributed by atoms with Gasteiger partial charge in [0.15, 0.2) is 11.3 Å². The summed E-state index contributed by atoms with van der Waals surface area (Å²) in [6.07, 6.45) is -0.145. The molecule has 0 fully saturated rings. The summed E-state index contributed by atoms with van der Waals surface area (Å²) in [5.74, 6) is 0.472. The number of ether oxygens (including phenoxy) is 2. The normalized spacial score (nSPS) is 10.8. The molecule has 1 aromatic heterocycles. The second-order valence-corrected chi connectivity index (χ2v) is 6.45. The number of amides is 1. The van der Waals surface area contributed by atoms with Crippen molar-refractivity contribution >= 4 is 22.6 Å². The molecule has 152 valence electrons. The van der Waals surface area contributed by atoms with E-state index in [0.717, 1.165) is 0 Å². The van der Waals surface area contributed by atoms with Crippen LogP contribution in [0.5, 0.6) is 11.5 Å². The molecule has 0 saturated carbocycles. The van der Waals surface area contributed by atoms with Crippen LogP contribution in [0, 0.1) is 6.92 Å². The molecule has 29 heavy (non-hydrogen) atoms. The highest BCUT2D eigenvalue weighted by molar-refractivity contribution is 5.96. The third-order valence-electron chi connectivity index (χ3n) is 4.82. The Morgan fingerprint density at radius 1 is 1.10 bits per heavy atom. The number of fused-ring (bicyclic) bond motifs is 1. The quantitative estimate of drug-likeness (QED) is 0.617. The van der Waals surface area contributed by atoms with Crippen molar-refractivity contribution in [3.8, 4) is 11.5 Å². The highest BCUT2D eigenvalue weighted by Crippen LogP contribution is 2.36. The van der Waals surface area contributed by atoms with Crippen LogP contribution in [0.15, 0.2) is 51.7 Å². The first kappa shape index (κ1) is 20.4. The summed E-state index contributed by atoms with van der Waals surface area (Å²) in [6.45, 7) is 1.71. The smallest absolute Gasteiger partial charge is 0.340 e. The lowest BCUT2D eigenvalue weighted by atomic mass is 10.0. The molecule has 1 N–H and O–H groups in total. The van der Waals surface area contributed by atoms with E-state index in [1.54, 1.807) is 31.2 Å². The maximum absolute atomic E-state index is 13.0. The molecule has 2 aromatic carbocycles. The molecule has 0 aliphatic carbocycles. The van der Waals surface area contributed by atoms with Gasteiger partial charge in [0.1, 0.15) is 0 Å². The number of carbonyl (C=O) groups is 1. The summed E-state index contributed by atoms with van der Waals surface area (Å²) < 4.78 is 16.1. The van der Waals surface area contributed by atoms with Crippen LogP contribution in [0.4, 0.5) is 5.69 Å². The molecule has 7 heteroatoms. The van der Waals surface area contributed by atoms with E-state index in [4.69, 9.17) is 13.9 Å². The lowest BCUT2D eigenvalue weighted by molar-refractivity contribution is -0.118. The number of carbonyl (C=O) groups excluding carboxylic acids is 1. The van der Waals surface area contributed by atoms with Gasteiger partial charge in [0.2, 0.25) is 11.7 Å². The third kappa shape index (κ3) is 3.95. The number of aliphatic hydroxyl groups excluding tert-OH is 1. The van der Waals surface area contributed by atoms with E-state index in [-0.39, 0.29) is 36.6 Å². The minimum absolute atomic E-state index is 0.131. The molecule has 3 aromatic rings. The maximum Gasteiger partial charge on any atom is 0.340 e. The molecule has 3 rings (SSSR count). The number of para-hydroxylation sites is 1. The Hall–Kier alpha value is -3.32. The Labute approximate surface area is 168 Å². The van der Waals surface area contributed by atoms with Crippen LogP contribution in [0.1, 0.15) is 11.1 Å². The van der Waals surface area contributed by atoms with E-state index < -0.39 is 5.63 Å². The number of hydrogen-bond donors (Lipinski definition) is 1. The fourth-order valence-corrected chi connectivity index (χ4v) is 3.32. The predicted molar refractivity (Wildman–Crippen MR) is 110 cm³/mol. The Kier molecular flexibility index (Phi) is 6.19. The minimum Gasteiger partial charge on any atom is -0.493 e. The van der Waals surface area contributed by atoms with Crippen molar-refractivity contribution in [3.63, 3.8) is 0 Å². The van der Waals surface area contributed by atoms with Crippen molar-refractivity contribution in [1.29, 1.82) is 0 Å². The van der Waals surface area contributed by atoms with E-state index in [0.29, 0.717) is 28.1 Å². The number of rotatable bonds is 7. The van der Waals surface area contributed by atoms with Crippen LogP contribution in [0.2, 0.25) is 0 Å². The number of methoxy groups -OCH3 is 2. The average molecular weight is 397 g/mol. The van der Waals surface area contributed by atoms with E-state index in [1.807, 2.05) is 18.2 Å². The van der Waals surface area contributed by atoms with Crippen LogP contribution < -0.4 is 20.0 Å². The number of aryl methyl sites for hydroxylation is 1. The summed E-state index contributed by atoms with van der Waals surface area (Å²) in [5, 5.41) is 10.0. The summed E-state index contributed by atoms with van der Waals surface area (Å²) in [6, 6.07) is 12.5. The van der Waals surface area contributed by atoms with Crippen LogP contribution in [-0.2, 0) is 11.2 Å². The fraction of sp³-hybridized carbons (Fsp3) is 0.273. The lowest BCUT2D eigenvalue weighted by Gasteiger charge is -2.22. The monoisotopic (exact) mass is 397 g/mol. The zero-order chi connectivity index (χ0) is 21.0. The molecule has 0 radical (unpaired) electrons. The molecule has 1 amide bonds. The molecule has 0 bridgehead atoms. The largest absolute Gasteiger partial charge is 0.493 e. The van der Waals surface area contributed by atoms with Gasteiger partial charge in [-0.25, -0.2) is 4.79 Å².